The number of piperidine rings is 1. The molecule has 1 fully saturated rings. The Kier molecular flexibility index (Phi) is 11.9. The van der Waals surface area contributed by atoms with E-state index >= 15 is 0 Å². The quantitative estimate of drug-likeness (QED) is 0.0825. The minimum atomic E-state index is -0.374. The van der Waals surface area contributed by atoms with E-state index in [9.17, 15) is 10.1 Å². The highest BCUT2D eigenvalue weighted by Gasteiger charge is 2.18. The molecule has 284 valence electrons. The molecular weight excluding hydrogens is 716 g/mol. The number of pyridine rings is 3. The first kappa shape index (κ1) is 37.4. The summed E-state index contributed by atoms with van der Waals surface area (Å²) in [6.07, 6.45) is 10.7. The average molecular weight is 761 g/mol. The number of fused-ring (bicyclic) bond motifs is 2. The van der Waals surface area contributed by atoms with Gasteiger partial charge in [-0.15, -0.1) is 0 Å². The van der Waals surface area contributed by atoms with Crippen molar-refractivity contribution in [2.24, 2.45) is 0 Å². The molecule has 1 atom stereocenters. The largest absolute Gasteiger partial charge is 0.478 e. The smallest absolute Gasteiger partial charge is 0.253 e. The van der Waals surface area contributed by atoms with Gasteiger partial charge in [-0.3, -0.25) is 4.79 Å². The minimum absolute atomic E-state index is 0.200. The molecule has 1 unspecified atom stereocenters. The highest BCUT2D eigenvalue weighted by molar-refractivity contribution is 6.31. The zero-order valence-electron chi connectivity index (χ0n) is 31.1. The van der Waals surface area contributed by atoms with Crippen LogP contribution in [0.5, 0.6) is 11.8 Å². The SMILES string of the molecule is CCc1cnn2c(NCc3ccc(OCCCCCOc4nc(C#N)ccc4NC(C)c4cc5cc(Cl)ccc5[nH]c4=O)nc3)cc(N3CCCCC3)nc12. The maximum absolute atomic E-state index is 12.9. The van der Waals surface area contributed by atoms with Crippen LogP contribution < -0.4 is 30.6 Å². The molecule has 13 nitrogen and oxygen atoms in total. The number of nitrogens with one attached hydrogen (secondary N) is 3. The lowest BCUT2D eigenvalue weighted by molar-refractivity contribution is 0.270. The second kappa shape index (κ2) is 17.5. The van der Waals surface area contributed by atoms with Gasteiger partial charge in [0.05, 0.1) is 31.1 Å². The maximum atomic E-state index is 12.9. The molecule has 1 saturated heterocycles. The van der Waals surface area contributed by atoms with E-state index in [0.29, 0.717) is 53.3 Å². The van der Waals surface area contributed by atoms with Gasteiger partial charge in [-0.05, 0) is 93.8 Å². The Morgan fingerprint density at radius 1 is 0.982 bits per heavy atom. The van der Waals surface area contributed by atoms with Crippen LogP contribution in [0.25, 0.3) is 16.6 Å². The summed E-state index contributed by atoms with van der Waals surface area (Å²) in [5.41, 5.74) is 4.96. The summed E-state index contributed by atoms with van der Waals surface area (Å²) >= 11 is 6.18. The molecule has 0 aliphatic carbocycles. The number of nitrogens with zero attached hydrogens (tertiary/aromatic N) is 7. The second-order valence-corrected chi connectivity index (χ2v) is 14.2. The fourth-order valence-corrected chi connectivity index (χ4v) is 6.91. The van der Waals surface area contributed by atoms with Gasteiger partial charge in [0.1, 0.15) is 23.4 Å². The third-order valence-electron chi connectivity index (χ3n) is 9.79. The number of rotatable bonds is 16. The Morgan fingerprint density at radius 2 is 1.82 bits per heavy atom. The molecule has 5 aromatic heterocycles. The minimum Gasteiger partial charge on any atom is -0.478 e. The van der Waals surface area contributed by atoms with E-state index < -0.39 is 0 Å². The van der Waals surface area contributed by atoms with Gasteiger partial charge in [0.25, 0.3) is 5.56 Å². The Bertz CT molecular complexity index is 2350. The van der Waals surface area contributed by atoms with Crippen LogP contribution >= 0.6 is 11.6 Å². The summed E-state index contributed by atoms with van der Waals surface area (Å²) in [7, 11) is 0. The van der Waals surface area contributed by atoms with Gasteiger partial charge in [0.2, 0.25) is 11.8 Å². The normalized spacial score (nSPS) is 13.5. The van der Waals surface area contributed by atoms with E-state index in [-0.39, 0.29) is 17.3 Å². The molecule has 0 radical (unpaired) electrons. The second-order valence-electron chi connectivity index (χ2n) is 13.7. The summed E-state index contributed by atoms with van der Waals surface area (Å²) < 4.78 is 13.9. The Balaban J connectivity index is 0.873. The van der Waals surface area contributed by atoms with Crippen molar-refractivity contribution in [2.45, 2.75) is 71.4 Å². The summed E-state index contributed by atoms with van der Waals surface area (Å²) in [6, 6.07) is 18.2. The molecule has 7 rings (SSSR count). The first-order valence-electron chi connectivity index (χ1n) is 19.0. The van der Waals surface area contributed by atoms with E-state index in [1.54, 1.807) is 24.3 Å². The summed E-state index contributed by atoms with van der Waals surface area (Å²) in [6.45, 7) is 7.59. The topological polar surface area (TPSA) is 158 Å². The molecule has 0 amide bonds. The van der Waals surface area contributed by atoms with Crippen molar-refractivity contribution in [2.75, 3.05) is 41.8 Å². The lowest BCUT2D eigenvalue weighted by Gasteiger charge is -2.28. The van der Waals surface area contributed by atoms with Crippen LogP contribution in [0.2, 0.25) is 5.02 Å². The number of benzene rings is 1. The van der Waals surface area contributed by atoms with Gasteiger partial charge >= 0.3 is 0 Å². The number of aromatic nitrogens is 6. The molecule has 6 heterocycles. The van der Waals surface area contributed by atoms with E-state index in [4.69, 9.17) is 26.1 Å². The number of halogens is 1. The van der Waals surface area contributed by atoms with E-state index in [1.165, 1.54) is 19.3 Å². The summed E-state index contributed by atoms with van der Waals surface area (Å²) in [4.78, 5) is 32.1. The van der Waals surface area contributed by atoms with Gasteiger partial charge in [-0.1, -0.05) is 24.6 Å². The number of aromatic amines is 1. The Hall–Kier alpha value is -5.87. The van der Waals surface area contributed by atoms with Gasteiger partial charge in [-0.25, -0.2) is 15.0 Å². The fraction of sp³-hybridized carbons (Fsp3) is 0.366. The summed E-state index contributed by atoms with van der Waals surface area (Å²) in [5, 5.41) is 22.4. The van der Waals surface area contributed by atoms with Crippen molar-refractivity contribution in [1.82, 2.24) is 29.5 Å². The van der Waals surface area contributed by atoms with Crippen LogP contribution in [0.4, 0.5) is 17.3 Å². The highest BCUT2D eigenvalue weighted by Crippen LogP contribution is 2.28. The monoisotopic (exact) mass is 760 g/mol. The molecule has 6 aromatic rings. The molecule has 0 spiro atoms. The lowest BCUT2D eigenvalue weighted by Crippen LogP contribution is -2.30. The highest BCUT2D eigenvalue weighted by atomic mass is 35.5. The zero-order valence-corrected chi connectivity index (χ0v) is 31.9. The Labute approximate surface area is 324 Å². The molecule has 3 N–H and O–H groups in total. The summed E-state index contributed by atoms with van der Waals surface area (Å²) in [5.74, 6) is 2.80. The van der Waals surface area contributed by atoms with Crippen molar-refractivity contribution in [3.63, 3.8) is 0 Å². The molecule has 1 aliphatic heterocycles. The van der Waals surface area contributed by atoms with Crippen molar-refractivity contribution in [1.29, 1.82) is 5.26 Å². The predicted molar refractivity (Wildman–Crippen MR) is 215 cm³/mol. The molecule has 14 heteroatoms. The third-order valence-corrected chi connectivity index (χ3v) is 10.0. The number of nitriles is 1. The first-order chi connectivity index (χ1) is 26.9. The number of anilines is 3. The van der Waals surface area contributed by atoms with E-state index in [0.717, 1.165) is 72.6 Å². The maximum Gasteiger partial charge on any atom is 0.253 e. The van der Waals surface area contributed by atoms with Crippen LogP contribution in [-0.4, -0.2) is 55.9 Å². The van der Waals surface area contributed by atoms with Gasteiger partial charge in [0, 0.05) is 65.0 Å². The van der Waals surface area contributed by atoms with Gasteiger partial charge in [0.15, 0.2) is 5.65 Å². The van der Waals surface area contributed by atoms with Crippen molar-refractivity contribution in [3.05, 3.63) is 105 Å². The van der Waals surface area contributed by atoms with Crippen molar-refractivity contribution >= 4 is 45.5 Å². The van der Waals surface area contributed by atoms with E-state index in [1.807, 2.05) is 48.1 Å². The van der Waals surface area contributed by atoms with Gasteiger partial charge < -0.3 is 30.0 Å². The van der Waals surface area contributed by atoms with Gasteiger partial charge in [-0.2, -0.15) is 14.9 Å². The third kappa shape index (κ3) is 9.09. The van der Waals surface area contributed by atoms with Crippen molar-refractivity contribution in [3.8, 4) is 17.8 Å². The standard InChI is InChI=1S/C41H45ClN10O3/c1-3-29-26-46-52-36(22-37(50-39(29)52)51-16-6-4-7-17-51)44-24-28-10-15-38(45-25-28)54-18-8-5-9-19-55-41-35(14-12-32(23-43)48-41)47-27(2)33-21-30-20-31(42)11-13-34(30)49-40(33)53/h10-15,20-22,25-27,44,47H,3-9,16-19,24H2,1-2H3,(H,49,53). The Morgan fingerprint density at radius 3 is 2.60 bits per heavy atom. The molecular formula is C41H45ClN10O3. The van der Waals surface area contributed by atoms with Crippen LogP contribution in [-0.2, 0) is 13.0 Å². The molecule has 0 bridgehead atoms. The molecule has 1 aromatic carbocycles. The number of ether oxygens (including phenoxy) is 2. The van der Waals surface area contributed by atoms with Crippen molar-refractivity contribution < 1.29 is 9.47 Å². The van der Waals surface area contributed by atoms with Crippen LogP contribution in [0, 0.1) is 11.3 Å². The van der Waals surface area contributed by atoms with Crippen LogP contribution in [0.15, 0.2) is 71.8 Å². The number of unbranched alkanes of at least 4 members (excludes halogenated alkanes) is 2. The fourth-order valence-electron chi connectivity index (χ4n) is 6.73. The van der Waals surface area contributed by atoms with E-state index in [2.05, 4.69) is 54.6 Å². The molecule has 55 heavy (non-hydrogen) atoms. The lowest BCUT2D eigenvalue weighted by atomic mass is 10.1. The van der Waals surface area contributed by atoms with Crippen LogP contribution in [0.3, 0.4) is 0 Å². The molecule has 1 aliphatic rings. The average Bonchev–Trinajstić information content (AvgIpc) is 3.64. The number of hydrogen-bond acceptors (Lipinski definition) is 11. The number of aryl methyl sites for hydroxylation is 1. The zero-order chi connectivity index (χ0) is 38.1. The predicted octanol–water partition coefficient (Wildman–Crippen LogP) is 7.85. The number of hydrogen-bond donors (Lipinski definition) is 3. The van der Waals surface area contributed by atoms with Crippen LogP contribution in [0.1, 0.15) is 80.8 Å². The molecule has 0 saturated carbocycles. The first-order valence-corrected chi connectivity index (χ1v) is 19.3. The number of H-pyrrole nitrogens is 1.